The summed E-state index contributed by atoms with van der Waals surface area (Å²) in [4.78, 5) is 14.2. The highest BCUT2D eigenvalue weighted by Crippen LogP contribution is 2.44. The van der Waals surface area contributed by atoms with E-state index in [-0.39, 0.29) is 13.0 Å². The summed E-state index contributed by atoms with van der Waals surface area (Å²) in [6.07, 6.45) is 0.217. The zero-order valence-corrected chi connectivity index (χ0v) is 27.6. The lowest BCUT2D eigenvalue weighted by Crippen LogP contribution is -2.43. The van der Waals surface area contributed by atoms with E-state index in [4.69, 9.17) is 26.8 Å². The van der Waals surface area contributed by atoms with E-state index in [1.165, 1.54) is 0 Å². The fourth-order valence-corrected chi connectivity index (χ4v) is 6.58. The second-order valence-electron chi connectivity index (χ2n) is 11.8. The second-order valence-corrected chi connectivity index (χ2v) is 12.2. The van der Waals surface area contributed by atoms with E-state index >= 15 is 0 Å². The highest BCUT2D eigenvalue weighted by molar-refractivity contribution is 6.31. The average molecular weight is 652 g/mol. The van der Waals surface area contributed by atoms with Crippen LogP contribution in [0.1, 0.15) is 45.4 Å². The molecule has 0 fully saturated rings. The van der Waals surface area contributed by atoms with Crippen molar-refractivity contribution in [3.63, 3.8) is 0 Å². The van der Waals surface area contributed by atoms with Crippen LogP contribution in [0.25, 0.3) is 0 Å². The van der Waals surface area contributed by atoms with Gasteiger partial charge in [-0.15, -0.1) is 0 Å². The molecule has 0 aliphatic heterocycles. The van der Waals surface area contributed by atoms with Crippen molar-refractivity contribution < 1.29 is 14.3 Å². The number of esters is 1. The number of carbonyl (C=O) groups excluding carboxylic acids is 1. The van der Waals surface area contributed by atoms with Crippen molar-refractivity contribution in [3.05, 3.63) is 214 Å². The Morgan fingerprint density at radius 3 is 1.44 bits per heavy atom. The van der Waals surface area contributed by atoms with Gasteiger partial charge in [0, 0.05) is 21.7 Å². The molecule has 0 aliphatic rings. The smallest absolute Gasteiger partial charge is 0.324 e. The van der Waals surface area contributed by atoms with Crippen molar-refractivity contribution in [2.75, 3.05) is 6.61 Å². The number of carbonyl (C=O) groups is 1. The summed E-state index contributed by atoms with van der Waals surface area (Å²) in [7, 11) is 0. The average Bonchev–Trinajstić information content (AvgIpc) is 3.14. The molecule has 240 valence electrons. The van der Waals surface area contributed by atoms with Gasteiger partial charge in [0.25, 0.3) is 0 Å². The molecule has 0 amide bonds. The van der Waals surface area contributed by atoms with Gasteiger partial charge in [-0.3, -0.25) is 4.79 Å². The van der Waals surface area contributed by atoms with Crippen molar-refractivity contribution in [2.45, 2.75) is 30.6 Å². The summed E-state index contributed by atoms with van der Waals surface area (Å²) < 4.78 is 13.5. The van der Waals surface area contributed by atoms with E-state index in [0.29, 0.717) is 10.6 Å². The summed E-state index contributed by atoms with van der Waals surface area (Å²) in [6.45, 7) is 2.20. The first-order valence-corrected chi connectivity index (χ1v) is 16.5. The molecule has 0 aromatic heterocycles. The predicted octanol–water partition coefficient (Wildman–Crippen LogP) is 9.21. The van der Waals surface area contributed by atoms with Crippen LogP contribution in [0.15, 0.2) is 170 Å². The zero-order valence-electron chi connectivity index (χ0n) is 26.8. The number of nitrogens with two attached hydrogens (primary N) is 1. The Bertz CT molecular complexity index is 1820. The lowest BCUT2D eigenvalue weighted by Gasteiger charge is -2.37. The Kier molecular flexibility index (Phi) is 10.2. The van der Waals surface area contributed by atoms with Crippen LogP contribution in [0, 0.1) is 6.92 Å². The Balaban J connectivity index is 1.34. The van der Waals surface area contributed by atoms with Crippen LogP contribution in [0.4, 0.5) is 0 Å². The van der Waals surface area contributed by atoms with Gasteiger partial charge in [0.15, 0.2) is 5.60 Å². The molecule has 4 nitrogen and oxygen atoms in total. The van der Waals surface area contributed by atoms with Gasteiger partial charge in [0.05, 0.1) is 6.61 Å². The molecule has 0 aliphatic carbocycles. The lowest BCUT2D eigenvalue weighted by atomic mass is 9.79. The number of hydrogen-bond acceptors (Lipinski definition) is 4. The minimum atomic E-state index is -1.34. The SMILES string of the molecule is Cc1ccc(C(OC(=O)[C@@H](N)CCOC(c2ccccc2)(c2ccccc2)c2ccccc2)(c2ccccc2)c2ccccc2Cl)cc1. The summed E-state index contributed by atoms with van der Waals surface area (Å²) in [6, 6.07) is 54.5. The molecule has 2 atom stereocenters. The normalized spacial score (nSPS) is 13.3. The molecule has 0 bridgehead atoms. The molecule has 0 saturated heterocycles. The molecule has 0 saturated carbocycles. The molecule has 5 heteroatoms. The molecule has 2 N–H and O–H groups in total. The van der Waals surface area contributed by atoms with Crippen molar-refractivity contribution in [3.8, 4) is 0 Å². The monoisotopic (exact) mass is 651 g/mol. The van der Waals surface area contributed by atoms with E-state index in [1.807, 2.05) is 134 Å². The van der Waals surface area contributed by atoms with Gasteiger partial charge in [0.1, 0.15) is 11.6 Å². The molecule has 48 heavy (non-hydrogen) atoms. The van der Waals surface area contributed by atoms with Gasteiger partial charge in [0.2, 0.25) is 0 Å². The summed E-state index contributed by atoms with van der Waals surface area (Å²) in [5, 5.41) is 0.477. The van der Waals surface area contributed by atoms with Crippen LogP contribution < -0.4 is 5.73 Å². The van der Waals surface area contributed by atoms with Gasteiger partial charge in [-0.05, 0) is 36.1 Å². The number of ether oxygens (including phenoxy) is 2. The third-order valence-corrected chi connectivity index (χ3v) is 9.07. The van der Waals surface area contributed by atoms with Crippen LogP contribution in [-0.2, 0) is 25.5 Å². The summed E-state index contributed by atoms with van der Waals surface area (Å²) in [5.41, 5.74) is 10.6. The Hall–Kier alpha value is -5.00. The molecular formula is C43H38ClNO3. The van der Waals surface area contributed by atoms with E-state index in [1.54, 1.807) is 6.07 Å². The molecule has 1 unspecified atom stereocenters. The van der Waals surface area contributed by atoms with Gasteiger partial charge >= 0.3 is 5.97 Å². The third kappa shape index (κ3) is 6.56. The van der Waals surface area contributed by atoms with E-state index < -0.39 is 23.2 Å². The van der Waals surface area contributed by atoms with E-state index in [9.17, 15) is 4.79 Å². The number of aryl methyl sites for hydroxylation is 1. The quantitative estimate of drug-likeness (QED) is 0.106. The van der Waals surface area contributed by atoms with Crippen molar-refractivity contribution in [1.82, 2.24) is 0 Å². The number of halogens is 1. The Morgan fingerprint density at radius 1 is 0.583 bits per heavy atom. The fraction of sp³-hybridized carbons (Fsp3) is 0.140. The first-order chi connectivity index (χ1) is 23.4. The van der Waals surface area contributed by atoms with Crippen molar-refractivity contribution in [2.24, 2.45) is 5.73 Å². The van der Waals surface area contributed by atoms with Crippen LogP contribution >= 0.6 is 11.6 Å². The van der Waals surface area contributed by atoms with Crippen LogP contribution in [0.2, 0.25) is 5.02 Å². The third-order valence-electron chi connectivity index (χ3n) is 8.74. The van der Waals surface area contributed by atoms with Crippen LogP contribution in [-0.4, -0.2) is 18.6 Å². The molecule has 0 spiro atoms. The van der Waals surface area contributed by atoms with Crippen LogP contribution in [0.3, 0.4) is 0 Å². The maximum Gasteiger partial charge on any atom is 0.324 e. The van der Waals surface area contributed by atoms with Gasteiger partial charge in [-0.25, -0.2) is 0 Å². The number of hydrogen-bond donors (Lipinski definition) is 1. The molecule has 6 aromatic carbocycles. The highest BCUT2D eigenvalue weighted by Gasteiger charge is 2.43. The van der Waals surface area contributed by atoms with Gasteiger partial charge in [-0.1, -0.05) is 181 Å². The zero-order chi connectivity index (χ0) is 33.4. The fourth-order valence-electron chi connectivity index (χ4n) is 6.31. The summed E-state index contributed by atoms with van der Waals surface area (Å²) in [5.74, 6) is -0.562. The molecule has 6 aromatic rings. The Labute approximate surface area is 287 Å². The van der Waals surface area contributed by atoms with Crippen molar-refractivity contribution in [1.29, 1.82) is 0 Å². The highest BCUT2D eigenvalue weighted by atomic mass is 35.5. The molecule has 0 radical (unpaired) electrons. The topological polar surface area (TPSA) is 61.5 Å². The maximum absolute atomic E-state index is 14.2. The molecular weight excluding hydrogens is 614 g/mol. The van der Waals surface area contributed by atoms with Crippen molar-refractivity contribution >= 4 is 17.6 Å². The second kappa shape index (κ2) is 14.8. The van der Waals surface area contributed by atoms with Gasteiger partial charge < -0.3 is 15.2 Å². The first kappa shape index (κ1) is 32.9. The standard InChI is InChI=1S/C43H38ClNO3/c1-32-26-28-37(29-27-32)43(36-22-12-5-13-23-36,38-24-14-15-25-39(38)44)48-41(46)40(45)30-31-47-42(33-16-6-2-7-17-33,34-18-8-3-9-19-34)35-20-10-4-11-21-35/h2-29,40H,30-31,45H2,1H3/t40-,43?/m0/s1. The van der Waals surface area contributed by atoms with E-state index in [2.05, 4.69) is 36.4 Å². The molecule has 0 heterocycles. The number of rotatable bonds is 12. The maximum atomic E-state index is 14.2. The number of benzene rings is 6. The van der Waals surface area contributed by atoms with E-state index in [0.717, 1.165) is 33.4 Å². The Morgan fingerprint density at radius 2 is 0.979 bits per heavy atom. The first-order valence-electron chi connectivity index (χ1n) is 16.1. The van der Waals surface area contributed by atoms with Crippen LogP contribution in [0.5, 0.6) is 0 Å². The molecule has 6 rings (SSSR count). The largest absolute Gasteiger partial charge is 0.443 e. The predicted molar refractivity (Wildman–Crippen MR) is 193 cm³/mol. The minimum Gasteiger partial charge on any atom is -0.443 e. The van der Waals surface area contributed by atoms with Gasteiger partial charge in [-0.2, -0.15) is 0 Å². The lowest BCUT2D eigenvalue weighted by molar-refractivity contribution is -0.156. The minimum absolute atomic E-state index is 0.184. The summed E-state index contributed by atoms with van der Waals surface area (Å²) >= 11 is 6.87.